The van der Waals surface area contributed by atoms with Crippen molar-refractivity contribution in [1.29, 1.82) is 0 Å². The maximum Gasteiger partial charge on any atom is 0.251 e. The largest absolute Gasteiger partial charge is 0.457 e. The molecule has 2 heterocycles. The van der Waals surface area contributed by atoms with E-state index in [-0.39, 0.29) is 49.6 Å². The van der Waals surface area contributed by atoms with E-state index in [9.17, 15) is 27.9 Å². The van der Waals surface area contributed by atoms with Gasteiger partial charge < -0.3 is 25.4 Å². The van der Waals surface area contributed by atoms with Crippen molar-refractivity contribution in [1.82, 2.24) is 25.2 Å². The first-order chi connectivity index (χ1) is 21.9. The first kappa shape index (κ1) is 36.6. The van der Waals surface area contributed by atoms with Gasteiger partial charge in [0.25, 0.3) is 5.91 Å². The number of likely N-dealkylation sites (tertiary alicyclic amines) is 1. The third-order valence-electron chi connectivity index (χ3n) is 9.47. The third-order valence-corrected chi connectivity index (χ3v) is 10.2. The number of piperidine rings is 1. The SMILES string of the molecule is CNC(=O)c1ccc(Oc2ccc(CN3CCC4(CC3)C(=O)N[C@H](CC3(O)CCCCC3)C(=O)N4CCNS(C)(=O)=O)cc2)cc1.Cl. The molecule has 14 heteroatoms. The Balaban J connectivity index is 0.00000500. The number of rotatable bonds is 11. The lowest BCUT2D eigenvalue weighted by atomic mass is 9.77. The normalized spacial score (nSPS) is 21.1. The molecular weight excluding hydrogens is 646 g/mol. The van der Waals surface area contributed by atoms with Crippen LogP contribution in [-0.4, -0.2) is 97.7 Å². The maximum atomic E-state index is 13.9. The van der Waals surface area contributed by atoms with Gasteiger partial charge in [-0.05, 0) is 67.6 Å². The van der Waals surface area contributed by atoms with E-state index in [2.05, 4.69) is 20.3 Å². The van der Waals surface area contributed by atoms with E-state index in [1.54, 1.807) is 36.2 Å². The van der Waals surface area contributed by atoms with Gasteiger partial charge in [-0.1, -0.05) is 31.4 Å². The Bertz CT molecular complexity index is 1510. The van der Waals surface area contributed by atoms with Gasteiger partial charge in [-0.2, -0.15) is 0 Å². The number of carbonyl (C=O) groups excluding carboxylic acids is 3. The van der Waals surface area contributed by atoms with Crippen LogP contribution < -0.4 is 20.1 Å². The van der Waals surface area contributed by atoms with E-state index >= 15 is 0 Å². The summed E-state index contributed by atoms with van der Waals surface area (Å²) >= 11 is 0. The van der Waals surface area contributed by atoms with Crippen LogP contribution in [0.15, 0.2) is 48.5 Å². The summed E-state index contributed by atoms with van der Waals surface area (Å²) in [5, 5.41) is 16.7. The van der Waals surface area contributed by atoms with Gasteiger partial charge in [0, 0.05) is 51.8 Å². The van der Waals surface area contributed by atoms with Gasteiger partial charge in [0.15, 0.2) is 0 Å². The summed E-state index contributed by atoms with van der Waals surface area (Å²) in [5.41, 5.74) is -0.453. The van der Waals surface area contributed by atoms with Crippen LogP contribution in [0.25, 0.3) is 0 Å². The van der Waals surface area contributed by atoms with Crippen LogP contribution >= 0.6 is 12.4 Å². The molecule has 3 aliphatic rings. The Morgan fingerprint density at radius 1 is 0.979 bits per heavy atom. The van der Waals surface area contributed by atoms with Crippen molar-refractivity contribution in [3.63, 3.8) is 0 Å². The highest BCUT2D eigenvalue weighted by Crippen LogP contribution is 2.37. The number of nitrogens with zero attached hydrogens (tertiary/aromatic N) is 2. The zero-order valence-corrected chi connectivity index (χ0v) is 28.6. The van der Waals surface area contributed by atoms with Crippen LogP contribution in [0.1, 0.15) is 67.3 Å². The molecule has 2 saturated heterocycles. The van der Waals surface area contributed by atoms with E-state index in [0.717, 1.165) is 31.1 Å². The number of hydrogen-bond acceptors (Lipinski definition) is 8. The molecule has 47 heavy (non-hydrogen) atoms. The van der Waals surface area contributed by atoms with Crippen molar-refractivity contribution in [2.45, 2.75) is 75.1 Å². The fourth-order valence-electron chi connectivity index (χ4n) is 6.93. The molecule has 1 saturated carbocycles. The Morgan fingerprint density at radius 3 is 2.15 bits per heavy atom. The van der Waals surface area contributed by atoms with E-state index in [1.807, 2.05) is 24.3 Å². The second-order valence-electron chi connectivity index (χ2n) is 12.8. The molecule has 12 nitrogen and oxygen atoms in total. The lowest BCUT2D eigenvalue weighted by Gasteiger charge is -2.52. The summed E-state index contributed by atoms with van der Waals surface area (Å²) in [7, 11) is -1.89. The molecule has 0 unspecified atom stereocenters. The number of benzene rings is 2. The summed E-state index contributed by atoms with van der Waals surface area (Å²) in [5.74, 6) is 0.623. The first-order valence-electron chi connectivity index (χ1n) is 16.0. The topological polar surface area (TPSA) is 157 Å². The smallest absolute Gasteiger partial charge is 0.251 e. The van der Waals surface area contributed by atoms with Crippen molar-refractivity contribution in [2.24, 2.45) is 0 Å². The molecule has 1 aliphatic carbocycles. The average Bonchev–Trinajstić information content (AvgIpc) is 3.03. The van der Waals surface area contributed by atoms with Gasteiger partial charge in [-0.3, -0.25) is 19.3 Å². The second kappa shape index (κ2) is 15.3. The molecule has 1 spiro atoms. The van der Waals surface area contributed by atoms with Crippen LogP contribution in [-0.2, 0) is 26.2 Å². The van der Waals surface area contributed by atoms with E-state index in [4.69, 9.17) is 4.74 Å². The van der Waals surface area contributed by atoms with Crippen LogP contribution in [0.3, 0.4) is 0 Å². The third kappa shape index (κ3) is 9.02. The van der Waals surface area contributed by atoms with Crippen LogP contribution in [0, 0.1) is 0 Å². The molecule has 0 radical (unpaired) electrons. The fraction of sp³-hybridized carbons (Fsp3) is 0.545. The molecule has 5 rings (SSSR count). The zero-order valence-electron chi connectivity index (χ0n) is 27.0. The predicted octanol–water partition coefficient (Wildman–Crippen LogP) is 2.56. The summed E-state index contributed by atoms with van der Waals surface area (Å²) in [4.78, 5) is 43.2. The van der Waals surface area contributed by atoms with E-state index in [0.29, 0.717) is 62.4 Å². The highest BCUT2D eigenvalue weighted by atomic mass is 35.5. The molecule has 2 aromatic carbocycles. The highest BCUT2D eigenvalue weighted by Gasteiger charge is 2.54. The number of ether oxygens (including phenoxy) is 1. The van der Waals surface area contributed by atoms with Crippen LogP contribution in [0.2, 0.25) is 0 Å². The lowest BCUT2D eigenvalue weighted by Crippen LogP contribution is -2.74. The summed E-state index contributed by atoms with van der Waals surface area (Å²) in [6.07, 6.45) is 6.07. The highest BCUT2D eigenvalue weighted by molar-refractivity contribution is 7.88. The van der Waals surface area contributed by atoms with Gasteiger partial charge in [0.1, 0.15) is 23.1 Å². The van der Waals surface area contributed by atoms with Gasteiger partial charge >= 0.3 is 0 Å². The first-order valence-corrected chi connectivity index (χ1v) is 17.9. The molecule has 258 valence electrons. The number of nitrogens with one attached hydrogen (secondary N) is 3. The molecule has 2 aromatic rings. The standard InChI is InChI=1S/C33H45N5O7S.ClH/c1-34-29(39)25-8-12-27(13-9-25)45-26-10-6-24(7-11-26)23-37-19-16-33(17-20-37)31(41)36-28(22-32(42)14-4-3-5-15-32)30(40)38(33)21-18-35-46(2,43)44;/h6-13,28,35,42H,3-5,14-23H2,1-2H3,(H,34,39)(H,36,41);1H/t28-;/m1./s1. The molecule has 3 fully saturated rings. The number of piperazine rings is 1. The Hall–Kier alpha value is -3.23. The summed E-state index contributed by atoms with van der Waals surface area (Å²) in [6, 6.07) is 13.8. The van der Waals surface area contributed by atoms with Gasteiger partial charge in [-0.15, -0.1) is 12.4 Å². The van der Waals surface area contributed by atoms with E-state index in [1.165, 1.54) is 0 Å². The van der Waals surface area contributed by atoms with Gasteiger partial charge in [0.05, 0.1) is 11.9 Å². The Kier molecular flexibility index (Phi) is 11.9. The van der Waals surface area contributed by atoms with Crippen molar-refractivity contribution in [3.05, 3.63) is 59.7 Å². The Labute approximate surface area is 283 Å². The molecule has 4 N–H and O–H groups in total. The molecule has 2 aliphatic heterocycles. The van der Waals surface area contributed by atoms with Gasteiger partial charge in [0.2, 0.25) is 21.8 Å². The van der Waals surface area contributed by atoms with Crippen LogP contribution in [0.4, 0.5) is 0 Å². The fourth-order valence-corrected chi connectivity index (χ4v) is 7.39. The summed E-state index contributed by atoms with van der Waals surface area (Å²) < 4.78 is 31.9. The molecular formula is C33H46ClN5O7S. The number of sulfonamides is 1. The minimum Gasteiger partial charge on any atom is -0.457 e. The lowest BCUT2D eigenvalue weighted by molar-refractivity contribution is -0.163. The van der Waals surface area contributed by atoms with Crippen LogP contribution in [0.5, 0.6) is 11.5 Å². The van der Waals surface area contributed by atoms with Crippen molar-refractivity contribution in [3.8, 4) is 11.5 Å². The quantitative estimate of drug-likeness (QED) is 0.280. The monoisotopic (exact) mass is 691 g/mol. The van der Waals surface area contributed by atoms with Crippen molar-refractivity contribution < 1.29 is 32.6 Å². The van der Waals surface area contributed by atoms with Gasteiger partial charge in [-0.25, -0.2) is 13.1 Å². The Morgan fingerprint density at radius 2 is 1.57 bits per heavy atom. The molecule has 0 aromatic heterocycles. The number of aliphatic hydroxyl groups is 1. The van der Waals surface area contributed by atoms with E-state index < -0.39 is 27.2 Å². The maximum absolute atomic E-state index is 13.9. The minimum absolute atomic E-state index is 0. The molecule has 0 bridgehead atoms. The number of halogens is 1. The molecule has 1 atom stereocenters. The number of amides is 3. The number of hydrogen-bond donors (Lipinski definition) is 4. The van der Waals surface area contributed by atoms with Crippen molar-refractivity contribution in [2.75, 3.05) is 39.5 Å². The molecule has 3 amide bonds. The summed E-state index contributed by atoms with van der Waals surface area (Å²) in [6.45, 7) is 1.87. The predicted molar refractivity (Wildman–Crippen MR) is 180 cm³/mol. The average molecular weight is 692 g/mol. The number of carbonyl (C=O) groups is 3. The minimum atomic E-state index is -3.47. The van der Waals surface area contributed by atoms with Crippen molar-refractivity contribution >= 4 is 40.2 Å². The second-order valence-corrected chi connectivity index (χ2v) is 14.7. The zero-order chi connectivity index (χ0) is 33.0.